The van der Waals surface area contributed by atoms with E-state index in [2.05, 4.69) is 6.92 Å². The van der Waals surface area contributed by atoms with Gasteiger partial charge >= 0.3 is 5.97 Å². The number of hydrogen-bond acceptors (Lipinski definition) is 4. The van der Waals surface area contributed by atoms with Gasteiger partial charge in [-0.05, 0) is 30.5 Å². The molecule has 1 aromatic rings. The van der Waals surface area contributed by atoms with E-state index < -0.39 is 16.0 Å². The van der Waals surface area contributed by atoms with Crippen LogP contribution in [0.2, 0.25) is 0 Å². The number of hydrogen-bond donors (Lipinski definition) is 1. The third-order valence-electron chi connectivity index (χ3n) is 3.74. The minimum Gasteiger partial charge on any atom is -0.478 e. The SMILES string of the molecule is CC1CCN(c2ccc(S(=O)(=O)N(C)C)cc2C(=O)O)C1. The molecule has 7 heteroatoms. The summed E-state index contributed by atoms with van der Waals surface area (Å²) in [6.45, 7) is 3.70. The third-order valence-corrected chi connectivity index (χ3v) is 5.55. The van der Waals surface area contributed by atoms with Crippen LogP contribution in [0, 0.1) is 5.92 Å². The van der Waals surface area contributed by atoms with Gasteiger partial charge in [-0.3, -0.25) is 0 Å². The molecule has 0 aliphatic carbocycles. The lowest BCUT2D eigenvalue weighted by molar-refractivity contribution is 0.0697. The summed E-state index contributed by atoms with van der Waals surface area (Å²) >= 11 is 0. The number of anilines is 1. The largest absolute Gasteiger partial charge is 0.478 e. The van der Waals surface area contributed by atoms with Crippen molar-refractivity contribution in [3.63, 3.8) is 0 Å². The summed E-state index contributed by atoms with van der Waals surface area (Å²) in [4.78, 5) is 13.5. The molecule has 1 saturated heterocycles. The van der Waals surface area contributed by atoms with Crippen LogP contribution in [0.5, 0.6) is 0 Å². The van der Waals surface area contributed by atoms with E-state index in [-0.39, 0.29) is 10.5 Å². The molecule has 1 atom stereocenters. The molecule has 1 unspecified atom stereocenters. The highest BCUT2D eigenvalue weighted by atomic mass is 32.2. The molecular weight excluding hydrogens is 292 g/mol. The van der Waals surface area contributed by atoms with Gasteiger partial charge in [0.15, 0.2) is 0 Å². The lowest BCUT2D eigenvalue weighted by Crippen LogP contribution is -2.24. The van der Waals surface area contributed by atoms with Gasteiger partial charge < -0.3 is 10.0 Å². The molecule has 2 rings (SSSR count). The van der Waals surface area contributed by atoms with Crippen molar-refractivity contribution in [2.75, 3.05) is 32.1 Å². The summed E-state index contributed by atoms with van der Waals surface area (Å²) in [5.74, 6) is -0.600. The molecule has 1 fully saturated rings. The predicted molar refractivity (Wildman–Crippen MR) is 80.3 cm³/mol. The van der Waals surface area contributed by atoms with Gasteiger partial charge in [0.25, 0.3) is 0 Å². The zero-order chi connectivity index (χ0) is 15.8. The fourth-order valence-electron chi connectivity index (χ4n) is 2.49. The highest BCUT2D eigenvalue weighted by Gasteiger charge is 2.26. The van der Waals surface area contributed by atoms with Crippen molar-refractivity contribution < 1.29 is 18.3 Å². The molecule has 0 saturated carbocycles. The van der Waals surface area contributed by atoms with E-state index in [1.807, 2.05) is 4.90 Å². The van der Waals surface area contributed by atoms with Gasteiger partial charge in [-0.25, -0.2) is 17.5 Å². The summed E-state index contributed by atoms with van der Waals surface area (Å²) in [5, 5.41) is 9.39. The van der Waals surface area contributed by atoms with Crippen LogP contribution in [0.3, 0.4) is 0 Å². The van der Waals surface area contributed by atoms with Gasteiger partial charge in [0.05, 0.1) is 16.1 Å². The second-order valence-electron chi connectivity index (χ2n) is 5.61. The van der Waals surface area contributed by atoms with E-state index >= 15 is 0 Å². The van der Waals surface area contributed by atoms with Gasteiger partial charge in [0.2, 0.25) is 10.0 Å². The standard InChI is InChI=1S/C14H20N2O4S/c1-10-6-7-16(9-10)13-5-4-11(8-12(13)14(17)18)21(19,20)15(2)3/h4-5,8,10H,6-7,9H2,1-3H3,(H,17,18). The number of benzene rings is 1. The van der Waals surface area contributed by atoms with Crippen LogP contribution in [0.15, 0.2) is 23.1 Å². The zero-order valence-electron chi connectivity index (χ0n) is 12.4. The first kappa shape index (κ1) is 15.8. The fourth-order valence-corrected chi connectivity index (χ4v) is 3.42. The van der Waals surface area contributed by atoms with Crippen molar-refractivity contribution in [3.05, 3.63) is 23.8 Å². The summed E-state index contributed by atoms with van der Waals surface area (Å²) in [7, 11) is -0.788. The van der Waals surface area contributed by atoms with Crippen molar-refractivity contribution in [1.29, 1.82) is 0 Å². The maximum Gasteiger partial charge on any atom is 0.337 e. The summed E-state index contributed by atoms with van der Waals surface area (Å²) in [5.41, 5.74) is 0.622. The molecule has 1 heterocycles. The quantitative estimate of drug-likeness (QED) is 0.911. The number of carboxylic acids is 1. The van der Waals surface area contributed by atoms with E-state index in [9.17, 15) is 18.3 Å². The van der Waals surface area contributed by atoms with Crippen molar-refractivity contribution in [3.8, 4) is 0 Å². The monoisotopic (exact) mass is 312 g/mol. The Morgan fingerprint density at radius 1 is 1.38 bits per heavy atom. The van der Waals surface area contributed by atoms with Gasteiger partial charge in [0, 0.05) is 27.2 Å². The topological polar surface area (TPSA) is 77.9 Å². The fraction of sp³-hybridized carbons (Fsp3) is 0.500. The number of carboxylic acid groups (broad SMARTS) is 1. The molecule has 1 N–H and O–H groups in total. The van der Waals surface area contributed by atoms with E-state index in [4.69, 9.17) is 0 Å². The highest BCUT2D eigenvalue weighted by molar-refractivity contribution is 7.89. The molecule has 0 amide bonds. The smallest absolute Gasteiger partial charge is 0.337 e. The Hall–Kier alpha value is -1.60. The Morgan fingerprint density at radius 3 is 2.52 bits per heavy atom. The number of carbonyl (C=O) groups is 1. The molecular formula is C14H20N2O4S. The molecule has 6 nitrogen and oxygen atoms in total. The predicted octanol–water partition coefficient (Wildman–Crippen LogP) is 1.48. The number of rotatable bonds is 4. The van der Waals surface area contributed by atoms with Crippen LogP contribution >= 0.6 is 0 Å². The highest BCUT2D eigenvalue weighted by Crippen LogP contribution is 2.29. The van der Waals surface area contributed by atoms with Crippen LogP contribution in [-0.2, 0) is 10.0 Å². The van der Waals surface area contributed by atoms with Gasteiger partial charge in [0.1, 0.15) is 0 Å². The van der Waals surface area contributed by atoms with Crippen molar-refractivity contribution in [2.45, 2.75) is 18.2 Å². The van der Waals surface area contributed by atoms with Crippen molar-refractivity contribution in [2.24, 2.45) is 5.92 Å². The molecule has 0 aromatic heterocycles. The van der Waals surface area contributed by atoms with E-state index in [1.54, 1.807) is 6.07 Å². The number of sulfonamides is 1. The first-order chi connectivity index (χ1) is 9.73. The first-order valence-electron chi connectivity index (χ1n) is 6.78. The van der Waals surface area contributed by atoms with Crippen LogP contribution < -0.4 is 4.90 Å². The van der Waals surface area contributed by atoms with Crippen molar-refractivity contribution >= 4 is 21.7 Å². The summed E-state index contributed by atoms with van der Waals surface area (Å²) in [6.07, 6.45) is 1.01. The van der Waals surface area contributed by atoms with Crippen LogP contribution in [-0.4, -0.2) is 51.0 Å². The summed E-state index contributed by atoms with van der Waals surface area (Å²) in [6, 6.07) is 4.31. The molecule has 0 radical (unpaired) electrons. The average Bonchev–Trinajstić information content (AvgIpc) is 2.84. The Bertz CT molecular complexity index is 655. The van der Waals surface area contributed by atoms with E-state index in [0.29, 0.717) is 11.6 Å². The molecule has 21 heavy (non-hydrogen) atoms. The minimum absolute atomic E-state index is 0.000829. The van der Waals surface area contributed by atoms with Crippen LogP contribution in [0.25, 0.3) is 0 Å². The van der Waals surface area contributed by atoms with Crippen LogP contribution in [0.4, 0.5) is 5.69 Å². The first-order valence-corrected chi connectivity index (χ1v) is 8.22. The third kappa shape index (κ3) is 3.03. The molecule has 116 valence electrons. The Balaban J connectivity index is 2.48. The Kier molecular flexibility index (Phi) is 4.25. The molecule has 1 aromatic carbocycles. The van der Waals surface area contributed by atoms with Crippen LogP contribution in [0.1, 0.15) is 23.7 Å². The lowest BCUT2D eigenvalue weighted by atomic mass is 10.1. The normalized spacial score (nSPS) is 19.2. The molecule has 1 aliphatic heterocycles. The zero-order valence-corrected chi connectivity index (χ0v) is 13.2. The van der Waals surface area contributed by atoms with E-state index in [0.717, 1.165) is 23.8 Å². The number of nitrogens with zero attached hydrogens (tertiary/aromatic N) is 2. The summed E-state index contributed by atoms with van der Waals surface area (Å²) < 4.78 is 25.3. The van der Waals surface area contributed by atoms with Gasteiger partial charge in [-0.2, -0.15) is 0 Å². The Labute approximate surface area is 125 Å². The lowest BCUT2D eigenvalue weighted by Gasteiger charge is -2.21. The maximum atomic E-state index is 12.1. The van der Waals surface area contributed by atoms with Crippen molar-refractivity contribution in [1.82, 2.24) is 4.31 Å². The minimum atomic E-state index is -3.63. The second kappa shape index (κ2) is 5.65. The number of aromatic carboxylic acids is 1. The van der Waals surface area contributed by atoms with Gasteiger partial charge in [-0.15, -0.1) is 0 Å². The average molecular weight is 312 g/mol. The molecule has 0 spiro atoms. The molecule has 0 bridgehead atoms. The second-order valence-corrected chi connectivity index (χ2v) is 7.76. The Morgan fingerprint density at radius 2 is 2.05 bits per heavy atom. The maximum absolute atomic E-state index is 12.1. The van der Waals surface area contributed by atoms with E-state index in [1.165, 1.54) is 26.2 Å². The molecule has 1 aliphatic rings. The van der Waals surface area contributed by atoms with Gasteiger partial charge in [-0.1, -0.05) is 6.92 Å².